The topological polar surface area (TPSA) is 45.2 Å². The van der Waals surface area contributed by atoms with Gasteiger partial charge < -0.3 is 5.32 Å². The third-order valence-corrected chi connectivity index (χ3v) is 3.90. The highest BCUT2D eigenvalue weighted by molar-refractivity contribution is 7.22. The lowest BCUT2D eigenvalue weighted by Crippen LogP contribution is -2.38. The zero-order valence-corrected chi connectivity index (χ0v) is 10.2. The number of fused-ring (bicyclic) bond motifs is 1. The summed E-state index contributed by atoms with van der Waals surface area (Å²) in [5.74, 6) is 0. The molecule has 1 saturated heterocycles. The molecule has 0 radical (unpaired) electrons. The molecule has 1 N–H and O–H groups in total. The number of anilines is 1. The Bertz CT molecular complexity index is 518. The van der Waals surface area contributed by atoms with Gasteiger partial charge in [0.2, 0.25) is 0 Å². The van der Waals surface area contributed by atoms with E-state index in [0.29, 0.717) is 0 Å². The van der Waals surface area contributed by atoms with E-state index in [-0.39, 0.29) is 6.03 Å². The second kappa shape index (κ2) is 4.33. The average molecular weight is 247 g/mol. The molecule has 3 rings (SSSR count). The molecule has 0 spiro atoms. The van der Waals surface area contributed by atoms with E-state index in [9.17, 15) is 4.79 Å². The van der Waals surface area contributed by atoms with Crippen molar-refractivity contribution in [1.82, 2.24) is 10.3 Å². The first-order valence-corrected chi connectivity index (χ1v) is 6.57. The summed E-state index contributed by atoms with van der Waals surface area (Å²) in [7, 11) is 0. The first-order valence-electron chi connectivity index (χ1n) is 5.75. The summed E-state index contributed by atoms with van der Waals surface area (Å²) in [5.41, 5.74) is 0.963. The van der Waals surface area contributed by atoms with Crippen LogP contribution in [-0.4, -0.2) is 24.1 Å². The molecule has 1 aromatic carbocycles. The maximum atomic E-state index is 11.9. The van der Waals surface area contributed by atoms with Crippen LogP contribution in [0.1, 0.15) is 12.8 Å². The van der Waals surface area contributed by atoms with E-state index in [0.717, 1.165) is 41.3 Å². The Morgan fingerprint density at radius 3 is 3.06 bits per heavy atom. The van der Waals surface area contributed by atoms with Gasteiger partial charge in [0.05, 0.1) is 10.2 Å². The molecule has 0 bridgehead atoms. The molecule has 1 fully saturated rings. The van der Waals surface area contributed by atoms with Gasteiger partial charge >= 0.3 is 6.03 Å². The second-order valence-electron chi connectivity index (χ2n) is 4.05. The number of urea groups is 1. The smallest absolute Gasteiger partial charge is 0.323 e. The maximum absolute atomic E-state index is 11.9. The Hall–Kier alpha value is -1.62. The highest BCUT2D eigenvalue weighted by Crippen LogP contribution is 2.29. The van der Waals surface area contributed by atoms with Crippen molar-refractivity contribution < 1.29 is 4.79 Å². The van der Waals surface area contributed by atoms with Gasteiger partial charge in [0.15, 0.2) is 5.13 Å². The average Bonchev–Trinajstić information content (AvgIpc) is 2.65. The fourth-order valence-corrected chi connectivity index (χ4v) is 2.94. The van der Waals surface area contributed by atoms with Crippen LogP contribution in [0.4, 0.5) is 9.93 Å². The van der Waals surface area contributed by atoms with Crippen molar-refractivity contribution in [2.45, 2.75) is 12.8 Å². The minimum absolute atomic E-state index is 0.0263. The van der Waals surface area contributed by atoms with Crippen molar-refractivity contribution in [2.24, 2.45) is 0 Å². The number of nitrogens with zero attached hydrogens (tertiary/aromatic N) is 2. The van der Waals surface area contributed by atoms with Gasteiger partial charge in [-0.2, -0.15) is 0 Å². The fourth-order valence-electron chi connectivity index (χ4n) is 1.95. The van der Waals surface area contributed by atoms with Crippen LogP contribution < -0.4 is 10.2 Å². The number of aromatic nitrogens is 1. The summed E-state index contributed by atoms with van der Waals surface area (Å²) in [6.07, 6.45) is 2.06. The van der Waals surface area contributed by atoms with E-state index in [1.807, 2.05) is 24.3 Å². The molecule has 4 nitrogen and oxygen atoms in total. The molecular weight excluding hydrogens is 234 g/mol. The van der Waals surface area contributed by atoms with Gasteiger partial charge in [-0.1, -0.05) is 23.5 Å². The molecule has 2 aromatic rings. The van der Waals surface area contributed by atoms with Gasteiger partial charge in [-0.15, -0.1) is 0 Å². The van der Waals surface area contributed by atoms with E-state index in [4.69, 9.17) is 0 Å². The molecule has 0 aliphatic carbocycles. The third-order valence-electron chi connectivity index (χ3n) is 2.84. The SMILES string of the molecule is O=C1NCCCCN1c1nc2ccccc2s1. The first kappa shape index (κ1) is 10.5. The number of hydrogen-bond donors (Lipinski definition) is 1. The molecule has 2 amide bonds. The van der Waals surface area contributed by atoms with Crippen LogP contribution in [0.15, 0.2) is 24.3 Å². The molecular formula is C12H13N3OS. The Labute approximate surface area is 103 Å². The number of carbonyl (C=O) groups excluding carboxylic acids is 1. The monoisotopic (exact) mass is 247 g/mol. The fraction of sp³-hybridized carbons (Fsp3) is 0.333. The van der Waals surface area contributed by atoms with Gasteiger partial charge in [0.1, 0.15) is 0 Å². The van der Waals surface area contributed by atoms with Crippen LogP contribution in [0.5, 0.6) is 0 Å². The Balaban J connectivity index is 1.98. The Kier molecular flexibility index (Phi) is 2.68. The summed E-state index contributed by atoms with van der Waals surface area (Å²) in [6.45, 7) is 1.52. The number of carbonyl (C=O) groups is 1. The van der Waals surface area contributed by atoms with Crippen LogP contribution in [0, 0.1) is 0 Å². The summed E-state index contributed by atoms with van der Waals surface area (Å²) >= 11 is 1.57. The zero-order chi connectivity index (χ0) is 11.7. The molecule has 88 valence electrons. The zero-order valence-electron chi connectivity index (χ0n) is 9.35. The van der Waals surface area contributed by atoms with E-state index in [1.54, 1.807) is 16.2 Å². The molecule has 0 saturated carbocycles. The van der Waals surface area contributed by atoms with Gasteiger partial charge in [-0.25, -0.2) is 9.78 Å². The lowest BCUT2D eigenvalue weighted by atomic mass is 10.3. The second-order valence-corrected chi connectivity index (χ2v) is 5.06. The molecule has 1 aliphatic rings. The molecule has 0 atom stereocenters. The van der Waals surface area contributed by atoms with Crippen molar-refractivity contribution in [3.05, 3.63) is 24.3 Å². The normalized spacial score (nSPS) is 16.9. The number of thiazole rings is 1. The van der Waals surface area contributed by atoms with Crippen LogP contribution in [0.2, 0.25) is 0 Å². The minimum Gasteiger partial charge on any atom is -0.338 e. The van der Waals surface area contributed by atoms with Gasteiger partial charge in [-0.05, 0) is 25.0 Å². The van der Waals surface area contributed by atoms with Crippen LogP contribution >= 0.6 is 11.3 Å². The van der Waals surface area contributed by atoms with Gasteiger partial charge in [0, 0.05) is 13.1 Å². The maximum Gasteiger partial charge on any atom is 0.323 e. The Morgan fingerprint density at radius 1 is 1.29 bits per heavy atom. The standard InChI is InChI=1S/C12H13N3OS/c16-11-13-7-3-4-8-15(11)12-14-9-5-1-2-6-10(9)17-12/h1-2,5-6H,3-4,7-8H2,(H,13,16). The van der Waals surface area contributed by atoms with E-state index in [1.165, 1.54) is 0 Å². The van der Waals surface area contributed by atoms with Crippen LogP contribution in [0.25, 0.3) is 10.2 Å². The highest BCUT2D eigenvalue weighted by atomic mass is 32.1. The number of amides is 2. The number of nitrogens with one attached hydrogen (secondary N) is 1. The van der Waals surface area contributed by atoms with Crippen molar-refractivity contribution in [3.8, 4) is 0 Å². The molecule has 1 aliphatic heterocycles. The Morgan fingerprint density at radius 2 is 2.18 bits per heavy atom. The number of rotatable bonds is 1. The van der Waals surface area contributed by atoms with Crippen LogP contribution in [0.3, 0.4) is 0 Å². The predicted octanol–water partition coefficient (Wildman–Crippen LogP) is 2.61. The van der Waals surface area contributed by atoms with Crippen LogP contribution in [-0.2, 0) is 0 Å². The minimum atomic E-state index is -0.0263. The summed E-state index contributed by atoms with van der Waals surface area (Å²) in [4.78, 5) is 18.1. The number of para-hydroxylation sites is 1. The van der Waals surface area contributed by atoms with Crippen molar-refractivity contribution >= 4 is 32.7 Å². The lowest BCUT2D eigenvalue weighted by Gasteiger charge is -2.16. The molecule has 5 heteroatoms. The molecule has 1 aromatic heterocycles. The van der Waals surface area contributed by atoms with Gasteiger partial charge in [0.25, 0.3) is 0 Å². The third kappa shape index (κ3) is 1.98. The summed E-state index contributed by atoms with van der Waals surface area (Å²) in [6, 6.07) is 7.94. The van der Waals surface area contributed by atoms with Gasteiger partial charge in [-0.3, -0.25) is 4.90 Å². The van der Waals surface area contributed by atoms with E-state index >= 15 is 0 Å². The van der Waals surface area contributed by atoms with Crippen molar-refractivity contribution in [2.75, 3.05) is 18.0 Å². The van der Waals surface area contributed by atoms with Crippen molar-refractivity contribution in [1.29, 1.82) is 0 Å². The molecule has 17 heavy (non-hydrogen) atoms. The summed E-state index contributed by atoms with van der Waals surface area (Å²) in [5, 5.41) is 3.69. The summed E-state index contributed by atoms with van der Waals surface area (Å²) < 4.78 is 1.12. The first-order chi connectivity index (χ1) is 8.34. The predicted molar refractivity (Wildman–Crippen MR) is 69.6 cm³/mol. The number of hydrogen-bond acceptors (Lipinski definition) is 3. The van der Waals surface area contributed by atoms with E-state index < -0.39 is 0 Å². The quantitative estimate of drug-likeness (QED) is 0.842. The largest absolute Gasteiger partial charge is 0.338 e. The number of benzene rings is 1. The van der Waals surface area contributed by atoms with E-state index in [2.05, 4.69) is 10.3 Å². The molecule has 0 unspecified atom stereocenters. The van der Waals surface area contributed by atoms with Crippen molar-refractivity contribution in [3.63, 3.8) is 0 Å². The lowest BCUT2D eigenvalue weighted by molar-refractivity contribution is 0.248. The molecule has 2 heterocycles. The highest BCUT2D eigenvalue weighted by Gasteiger charge is 2.20.